The number of esters is 2. The van der Waals surface area contributed by atoms with E-state index in [0.29, 0.717) is 0 Å². The van der Waals surface area contributed by atoms with Gasteiger partial charge in [-0.15, -0.1) is 0 Å². The summed E-state index contributed by atoms with van der Waals surface area (Å²) in [5.74, 6) is -16.0. The summed E-state index contributed by atoms with van der Waals surface area (Å²) in [6.45, 7) is 0. The van der Waals surface area contributed by atoms with Crippen LogP contribution in [0.5, 0.6) is 57.5 Å². The van der Waals surface area contributed by atoms with Crippen LogP contribution in [0, 0.1) is 0 Å². The highest BCUT2D eigenvalue weighted by Gasteiger charge is 2.48. The van der Waals surface area contributed by atoms with Crippen LogP contribution in [0.4, 0.5) is 0 Å². The lowest BCUT2D eigenvalue weighted by molar-refractivity contribution is -0.166. The van der Waals surface area contributed by atoms with Gasteiger partial charge >= 0.3 is 29.8 Å². The Kier molecular flexibility index (Phi) is 11.9. The van der Waals surface area contributed by atoms with Gasteiger partial charge in [-0.1, -0.05) is 24.3 Å². The number of aromatic hydroxyl groups is 8. The maximum absolute atomic E-state index is 14.3. The number of fused-ring (bicyclic) bond motifs is 2. The molecule has 0 saturated heterocycles. The second-order valence-corrected chi connectivity index (χ2v) is 14.9. The summed E-state index contributed by atoms with van der Waals surface area (Å²) in [7, 11) is 0. The first kappa shape index (κ1) is 44.3. The lowest BCUT2D eigenvalue weighted by Gasteiger charge is -2.23. The Hall–Kier alpha value is -8.81. The average molecular weight is 897 g/mol. The normalized spacial score (nSPS) is 18.1. The third-order valence-electron chi connectivity index (χ3n) is 10.6. The molecule has 0 amide bonds. The first-order chi connectivity index (χ1) is 30.8. The number of phenolic OH excluding ortho intramolecular Hbond substituents is 8. The maximum Gasteiger partial charge on any atom is 0.345 e. The Balaban J connectivity index is 1.26. The number of carboxylic acids is 3. The third-order valence-corrected chi connectivity index (χ3v) is 10.6. The van der Waals surface area contributed by atoms with Gasteiger partial charge < -0.3 is 75.1 Å². The molecule has 0 radical (unpaired) electrons. The predicted molar refractivity (Wildman–Crippen MR) is 217 cm³/mol. The van der Waals surface area contributed by atoms with Crippen molar-refractivity contribution in [3.05, 3.63) is 124 Å². The van der Waals surface area contributed by atoms with Gasteiger partial charge in [0.1, 0.15) is 24.0 Å². The van der Waals surface area contributed by atoms with Gasteiger partial charge in [0.25, 0.3) is 0 Å². The Morgan fingerprint density at radius 1 is 0.538 bits per heavy atom. The molecular formula is C45H36O20. The SMILES string of the molecule is O=C(O)/C=C/c1cc(O)c2c(c1)C(C(=O)OC(Cc1ccc(O)c3c1C(C(=O)OC(Cc1ccc(O)c(O)c1)C(=O)O)C(c1ccc(O)c(O)c1)O3)C(=O)O)C(c1ccc(O)c(O)c1)O2. The molecule has 0 spiro atoms. The second kappa shape index (κ2) is 17.5. The highest BCUT2D eigenvalue weighted by molar-refractivity contribution is 5.89. The molecule has 65 heavy (non-hydrogen) atoms. The molecule has 336 valence electrons. The largest absolute Gasteiger partial charge is 0.504 e. The van der Waals surface area contributed by atoms with E-state index in [1.54, 1.807) is 0 Å². The Morgan fingerprint density at radius 3 is 1.60 bits per heavy atom. The standard InChI is InChI=1S/C45H36O20/c46-24-6-1-19(12-28(24)50)14-32(42(56)57)62-45(61)37-35-20(3-9-27(49)41(35)65-39(37)22-5-8-26(48)30(52)16-22)17-33(43(58)59)63-44(60)36-23-11-18(2-10-34(54)55)13-31(53)40(23)64-38(36)21-4-7-25(47)29(51)15-21/h1-13,15-16,32-33,36-39,46-53H,14,17H2,(H,54,55)(H,56,57)(H,58,59)/b10-2+. The van der Waals surface area contributed by atoms with Gasteiger partial charge in [-0.2, -0.15) is 0 Å². The second-order valence-electron chi connectivity index (χ2n) is 14.9. The van der Waals surface area contributed by atoms with Crippen molar-refractivity contribution in [3.8, 4) is 57.5 Å². The molecule has 5 aromatic carbocycles. The summed E-state index contributed by atoms with van der Waals surface area (Å²) in [6.07, 6.45) is -6.50. The van der Waals surface area contributed by atoms with Gasteiger partial charge in [0, 0.05) is 30.0 Å². The van der Waals surface area contributed by atoms with E-state index in [2.05, 4.69) is 0 Å². The van der Waals surface area contributed by atoms with E-state index in [1.807, 2.05) is 0 Å². The number of ether oxygens (including phenoxy) is 4. The van der Waals surface area contributed by atoms with Crippen molar-refractivity contribution in [2.45, 2.75) is 49.1 Å². The predicted octanol–water partition coefficient (Wildman–Crippen LogP) is 4.34. The molecule has 20 nitrogen and oxygen atoms in total. The monoisotopic (exact) mass is 896 g/mol. The number of carbonyl (C=O) groups is 5. The fourth-order valence-corrected chi connectivity index (χ4v) is 7.60. The van der Waals surface area contributed by atoms with Crippen LogP contribution in [0.3, 0.4) is 0 Å². The van der Waals surface area contributed by atoms with Crippen LogP contribution in [-0.4, -0.2) is 98.2 Å². The number of hydrogen-bond donors (Lipinski definition) is 11. The summed E-state index contributed by atoms with van der Waals surface area (Å²) in [4.78, 5) is 65.3. The molecule has 5 aromatic rings. The van der Waals surface area contributed by atoms with E-state index >= 15 is 0 Å². The van der Waals surface area contributed by atoms with Crippen LogP contribution in [0.15, 0.2) is 84.9 Å². The number of phenols is 8. The van der Waals surface area contributed by atoms with Crippen LogP contribution >= 0.6 is 0 Å². The third kappa shape index (κ3) is 8.94. The highest BCUT2D eigenvalue weighted by Crippen LogP contribution is 2.54. The van der Waals surface area contributed by atoms with Gasteiger partial charge in [-0.05, 0) is 88.5 Å². The molecule has 7 rings (SSSR count). The van der Waals surface area contributed by atoms with Crippen molar-refractivity contribution in [3.63, 3.8) is 0 Å². The minimum atomic E-state index is -2.12. The molecule has 0 aliphatic carbocycles. The van der Waals surface area contributed by atoms with E-state index < -0.39 is 131 Å². The Morgan fingerprint density at radius 2 is 1.05 bits per heavy atom. The molecule has 0 saturated carbocycles. The van der Waals surface area contributed by atoms with Gasteiger partial charge in [-0.3, -0.25) is 9.59 Å². The first-order valence-electron chi connectivity index (χ1n) is 19.2. The molecule has 0 aromatic heterocycles. The molecule has 2 aliphatic rings. The zero-order valence-corrected chi connectivity index (χ0v) is 33.1. The van der Waals surface area contributed by atoms with Crippen molar-refractivity contribution in [2.75, 3.05) is 0 Å². The highest BCUT2D eigenvalue weighted by atomic mass is 16.6. The van der Waals surface area contributed by atoms with Crippen molar-refractivity contribution in [2.24, 2.45) is 0 Å². The molecule has 6 unspecified atom stereocenters. The van der Waals surface area contributed by atoms with Crippen LogP contribution in [0.2, 0.25) is 0 Å². The molecule has 0 bridgehead atoms. The molecule has 11 N–H and O–H groups in total. The number of aliphatic carboxylic acids is 3. The van der Waals surface area contributed by atoms with Crippen LogP contribution in [-0.2, 0) is 46.3 Å². The molecule has 2 aliphatic heterocycles. The van der Waals surface area contributed by atoms with Crippen molar-refractivity contribution in [1.29, 1.82) is 0 Å². The maximum atomic E-state index is 14.3. The molecule has 0 fully saturated rings. The quantitative estimate of drug-likeness (QED) is 0.0419. The Bertz CT molecular complexity index is 2800. The molecule has 6 atom stereocenters. The summed E-state index contributed by atoms with van der Waals surface area (Å²) < 4.78 is 23.1. The zero-order valence-electron chi connectivity index (χ0n) is 33.1. The van der Waals surface area contributed by atoms with Crippen LogP contribution < -0.4 is 9.47 Å². The van der Waals surface area contributed by atoms with Gasteiger partial charge in [0.05, 0.1) is 0 Å². The average Bonchev–Trinajstić information content (AvgIpc) is 3.85. The number of rotatable bonds is 14. The fraction of sp³-hybridized carbons (Fsp3) is 0.178. The van der Waals surface area contributed by atoms with E-state index in [0.717, 1.165) is 60.7 Å². The van der Waals surface area contributed by atoms with E-state index in [4.69, 9.17) is 18.9 Å². The summed E-state index contributed by atoms with van der Waals surface area (Å²) in [5, 5.41) is 112. The molecule has 2 heterocycles. The smallest absolute Gasteiger partial charge is 0.345 e. The molecule has 20 heteroatoms. The summed E-state index contributed by atoms with van der Waals surface area (Å²) in [6, 6.07) is 14.8. The van der Waals surface area contributed by atoms with Crippen molar-refractivity contribution < 1.29 is 99.1 Å². The minimum Gasteiger partial charge on any atom is -0.504 e. The number of carboxylic acid groups (broad SMARTS) is 3. The Labute approximate surface area is 364 Å². The topological polar surface area (TPSA) is 345 Å². The van der Waals surface area contributed by atoms with E-state index in [-0.39, 0.29) is 44.7 Å². The lowest BCUT2D eigenvalue weighted by atomic mass is 9.86. The number of benzene rings is 5. The fourth-order valence-electron chi connectivity index (χ4n) is 7.60. The van der Waals surface area contributed by atoms with Gasteiger partial charge in [0.15, 0.2) is 57.5 Å². The summed E-state index contributed by atoms with van der Waals surface area (Å²) in [5.41, 5.74) is -0.192. The van der Waals surface area contributed by atoms with Gasteiger partial charge in [-0.25, -0.2) is 14.4 Å². The minimum absolute atomic E-state index is 0.00706. The van der Waals surface area contributed by atoms with Crippen LogP contribution in [0.1, 0.15) is 63.0 Å². The first-order valence-corrected chi connectivity index (χ1v) is 19.2. The van der Waals surface area contributed by atoms with Crippen LogP contribution in [0.25, 0.3) is 6.08 Å². The number of carbonyl (C=O) groups excluding carboxylic acids is 2. The summed E-state index contributed by atoms with van der Waals surface area (Å²) >= 11 is 0. The van der Waals surface area contributed by atoms with Gasteiger partial charge in [0.2, 0.25) is 12.2 Å². The van der Waals surface area contributed by atoms with E-state index in [1.165, 1.54) is 30.3 Å². The van der Waals surface area contributed by atoms with Crippen molar-refractivity contribution >= 4 is 35.9 Å². The van der Waals surface area contributed by atoms with Crippen molar-refractivity contribution in [1.82, 2.24) is 0 Å². The lowest BCUT2D eigenvalue weighted by Crippen LogP contribution is -2.34. The molecular weight excluding hydrogens is 860 g/mol. The zero-order chi connectivity index (χ0) is 47.0. The number of hydrogen-bond acceptors (Lipinski definition) is 17. The van der Waals surface area contributed by atoms with E-state index in [9.17, 15) is 80.1 Å².